The van der Waals surface area contributed by atoms with Crippen LogP contribution >= 0.6 is 12.4 Å². The van der Waals surface area contributed by atoms with Gasteiger partial charge in [0.05, 0.1) is 0 Å². The first-order valence-electron chi connectivity index (χ1n) is 8.06. The molecule has 1 aromatic carbocycles. The molecule has 0 saturated heterocycles. The van der Waals surface area contributed by atoms with Crippen molar-refractivity contribution in [1.82, 2.24) is 4.90 Å². The Balaban J connectivity index is 0.00000400. The second kappa shape index (κ2) is 12.7. The average Bonchev–Trinajstić information content (AvgIpc) is 2.50. The Kier molecular flexibility index (Phi) is 12.1. The number of hydrogen-bond donors (Lipinski definition) is 0. The van der Waals surface area contributed by atoms with Gasteiger partial charge in [-0.2, -0.15) is 0 Å². The maximum atomic E-state index is 12.1. The van der Waals surface area contributed by atoms with Crippen LogP contribution in [0.15, 0.2) is 30.3 Å². The van der Waals surface area contributed by atoms with Crippen LogP contribution in [0.4, 0.5) is 0 Å². The van der Waals surface area contributed by atoms with E-state index in [0.717, 1.165) is 18.5 Å². The highest BCUT2D eigenvalue weighted by molar-refractivity contribution is 5.93. The first kappa shape index (κ1) is 20.0. The molecule has 0 bridgehead atoms. The molecule has 0 unspecified atom stereocenters. The summed E-state index contributed by atoms with van der Waals surface area (Å²) in [7, 11) is 1.90. The summed E-state index contributed by atoms with van der Waals surface area (Å²) in [4.78, 5) is 13.9. The van der Waals surface area contributed by atoms with Gasteiger partial charge in [0.2, 0.25) is 0 Å². The molecule has 0 atom stereocenters. The lowest BCUT2D eigenvalue weighted by Gasteiger charge is -2.17. The van der Waals surface area contributed by atoms with E-state index in [0.29, 0.717) is 0 Å². The molecule has 0 aliphatic carbocycles. The highest BCUT2D eigenvalue weighted by Crippen LogP contribution is 2.09. The highest BCUT2D eigenvalue weighted by Gasteiger charge is 2.09. The molecule has 0 aliphatic heterocycles. The molecule has 0 fully saturated rings. The fourth-order valence-electron chi connectivity index (χ4n) is 2.39. The van der Waals surface area contributed by atoms with E-state index in [4.69, 9.17) is 0 Å². The Morgan fingerprint density at radius 3 is 2.00 bits per heavy atom. The Bertz CT molecular complexity index is 367. The van der Waals surface area contributed by atoms with Crippen LogP contribution in [0, 0.1) is 0 Å². The molecular weight excluding hydrogens is 282 g/mol. The first-order chi connectivity index (χ1) is 9.75. The number of halogens is 1. The summed E-state index contributed by atoms with van der Waals surface area (Å²) >= 11 is 0. The molecule has 0 N–H and O–H groups in total. The number of benzene rings is 1. The molecule has 0 aliphatic rings. The van der Waals surface area contributed by atoms with Gasteiger partial charge in [-0.15, -0.1) is 12.4 Å². The lowest BCUT2D eigenvalue weighted by atomic mass is 10.1. The lowest BCUT2D eigenvalue weighted by molar-refractivity contribution is 0.0792. The van der Waals surface area contributed by atoms with Crippen LogP contribution < -0.4 is 0 Å². The van der Waals surface area contributed by atoms with E-state index >= 15 is 0 Å². The number of carbonyl (C=O) groups is 1. The zero-order valence-electron chi connectivity index (χ0n) is 13.5. The maximum Gasteiger partial charge on any atom is 0.253 e. The van der Waals surface area contributed by atoms with Crippen molar-refractivity contribution in [2.45, 2.75) is 58.3 Å². The van der Waals surface area contributed by atoms with Crippen molar-refractivity contribution in [2.75, 3.05) is 13.6 Å². The molecule has 120 valence electrons. The molecule has 0 aromatic heterocycles. The number of hydrogen-bond acceptors (Lipinski definition) is 1. The number of unbranched alkanes of at least 4 members (excludes halogenated alkanes) is 7. The van der Waals surface area contributed by atoms with E-state index in [-0.39, 0.29) is 18.3 Å². The van der Waals surface area contributed by atoms with Gasteiger partial charge in [0.25, 0.3) is 5.91 Å². The molecule has 0 saturated carbocycles. The van der Waals surface area contributed by atoms with Crippen LogP contribution in [-0.4, -0.2) is 24.4 Å². The van der Waals surface area contributed by atoms with Crippen LogP contribution in [0.5, 0.6) is 0 Å². The van der Waals surface area contributed by atoms with E-state index in [9.17, 15) is 4.79 Å². The lowest BCUT2D eigenvalue weighted by Crippen LogP contribution is -2.27. The van der Waals surface area contributed by atoms with Crippen molar-refractivity contribution in [2.24, 2.45) is 0 Å². The van der Waals surface area contributed by atoms with Crippen molar-refractivity contribution >= 4 is 18.3 Å². The zero-order chi connectivity index (χ0) is 14.6. The fraction of sp³-hybridized carbons (Fsp3) is 0.611. The largest absolute Gasteiger partial charge is 0.342 e. The van der Waals surface area contributed by atoms with Gasteiger partial charge in [-0.05, 0) is 18.6 Å². The third-order valence-corrected chi connectivity index (χ3v) is 3.71. The summed E-state index contributed by atoms with van der Waals surface area (Å²) in [6.07, 6.45) is 10.4. The highest BCUT2D eigenvalue weighted by atomic mass is 35.5. The number of rotatable bonds is 10. The molecule has 3 heteroatoms. The second-order valence-electron chi connectivity index (χ2n) is 5.57. The number of carbonyl (C=O) groups excluding carboxylic acids is 1. The van der Waals surface area contributed by atoms with Gasteiger partial charge in [0, 0.05) is 19.2 Å². The summed E-state index contributed by atoms with van der Waals surface area (Å²) < 4.78 is 0. The minimum absolute atomic E-state index is 0. The Morgan fingerprint density at radius 2 is 1.43 bits per heavy atom. The molecular formula is C18H30ClNO. The molecule has 0 radical (unpaired) electrons. The fourth-order valence-corrected chi connectivity index (χ4v) is 2.39. The van der Waals surface area contributed by atoms with E-state index < -0.39 is 0 Å². The molecule has 0 heterocycles. The summed E-state index contributed by atoms with van der Waals surface area (Å²) in [5, 5.41) is 0. The summed E-state index contributed by atoms with van der Waals surface area (Å²) in [6, 6.07) is 9.53. The van der Waals surface area contributed by atoms with Crippen LogP contribution in [0.3, 0.4) is 0 Å². The minimum Gasteiger partial charge on any atom is -0.342 e. The summed E-state index contributed by atoms with van der Waals surface area (Å²) in [5.41, 5.74) is 0.787. The third kappa shape index (κ3) is 8.77. The van der Waals surface area contributed by atoms with Gasteiger partial charge in [0.15, 0.2) is 0 Å². The molecule has 0 spiro atoms. The van der Waals surface area contributed by atoms with Crippen LogP contribution in [0.1, 0.15) is 68.6 Å². The predicted molar refractivity (Wildman–Crippen MR) is 93.3 cm³/mol. The Labute approximate surface area is 136 Å². The minimum atomic E-state index is 0. The first-order valence-corrected chi connectivity index (χ1v) is 8.06. The van der Waals surface area contributed by atoms with E-state index in [1.165, 1.54) is 44.9 Å². The predicted octanol–water partition coefficient (Wildman–Crippen LogP) is 5.32. The zero-order valence-corrected chi connectivity index (χ0v) is 14.3. The van der Waals surface area contributed by atoms with Crippen molar-refractivity contribution in [3.63, 3.8) is 0 Å². The van der Waals surface area contributed by atoms with Crippen molar-refractivity contribution < 1.29 is 4.79 Å². The van der Waals surface area contributed by atoms with Crippen molar-refractivity contribution in [3.05, 3.63) is 35.9 Å². The van der Waals surface area contributed by atoms with E-state index in [2.05, 4.69) is 6.92 Å². The SMILES string of the molecule is CCCCCCCCCCN(C)C(=O)c1ccccc1.Cl. The smallest absolute Gasteiger partial charge is 0.253 e. The van der Waals surface area contributed by atoms with Gasteiger partial charge in [0.1, 0.15) is 0 Å². The Hall–Kier alpha value is -1.02. The summed E-state index contributed by atoms with van der Waals surface area (Å²) in [5.74, 6) is 0.133. The van der Waals surface area contributed by atoms with Crippen LogP contribution in [0.2, 0.25) is 0 Å². The van der Waals surface area contributed by atoms with Crippen molar-refractivity contribution in [1.29, 1.82) is 0 Å². The molecule has 1 rings (SSSR count). The Morgan fingerprint density at radius 1 is 0.905 bits per heavy atom. The van der Waals surface area contributed by atoms with Crippen LogP contribution in [-0.2, 0) is 0 Å². The molecule has 1 aromatic rings. The number of nitrogens with zero attached hydrogens (tertiary/aromatic N) is 1. The van der Waals surface area contributed by atoms with Crippen LogP contribution in [0.25, 0.3) is 0 Å². The summed E-state index contributed by atoms with van der Waals surface area (Å²) in [6.45, 7) is 3.11. The molecule has 1 amide bonds. The monoisotopic (exact) mass is 311 g/mol. The van der Waals surface area contributed by atoms with E-state index in [1.807, 2.05) is 42.3 Å². The molecule has 21 heavy (non-hydrogen) atoms. The van der Waals surface area contributed by atoms with Gasteiger partial charge in [-0.1, -0.05) is 70.1 Å². The van der Waals surface area contributed by atoms with E-state index in [1.54, 1.807) is 0 Å². The maximum absolute atomic E-state index is 12.1. The van der Waals surface area contributed by atoms with Gasteiger partial charge in [-0.25, -0.2) is 0 Å². The average molecular weight is 312 g/mol. The standard InChI is InChI=1S/C18H29NO.ClH/c1-3-4-5-6-7-8-9-13-16-19(2)18(20)17-14-11-10-12-15-17;/h10-12,14-15H,3-9,13,16H2,1-2H3;1H. The third-order valence-electron chi connectivity index (χ3n) is 3.71. The quantitative estimate of drug-likeness (QED) is 0.535. The molecule has 2 nitrogen and oxygen atoms in total. The van der Waals surface area contributed by atoms with Crippen molar-refractivity contribution in [3.8, 4) is 0 Å². The van der Waals surface area contributed by atoms with Gasteiger partial charge in [-0.3, -0.25) is 4.79 Å². The topological polar surface area (TPSA) is 20.3 Å². The van der Waals surface area contributed by atoms with Gasteiger partial charge >= 0.3 is 0 Å². The normalized spacial score (nSPS) is 10.0. The second-order valence-corrected chi connectivity index (χ2v) is 5.57. The van der Waals surface area contributed by atoms with Gasteiger partial charge < -0.3 is 4.90 Å². The number of amides is 1.